The van der Waals surface area contributed by atoms with E-state index in [-0.39, 0.29) is 29.8 Å². The Kier molecular flexibility index (Phi) is 10.9. The Morgan fingerprint density at radius 3 is 2.45 bits per heavy atom. The van der Waals surface area contributed by atoms with Gasteiger partial charge in [0.2, 0.25) is 0 Å². The Labute approximate surface area is 211 Å². The summed E-state index contributed by atoms with van der Waals surface area (Å²) in [6.45, 7) is 6.23. The van der Waals surface area contributed by atoms with Crippen LogP contribution in [0.1, 0.15) is 25.0 Å². The van der Waals surface area contributed by atoms with E-state index >= 15 is 0 Å². The highest BCUT2D eigenvalue weighted by Gasteiger charge is 2.08. The molecule has 0 saturated carbocycles. The Bertz CT molecular complexity index is 1030. The van der Waals surface area contributed by atoms with Crippen molar-refractivity contribution in [3.63, 3.8) is 0 Å². The van der Waals surface area contributed by atoms with Crippen LogP contribution in [0.3, 0.4) is 0 Å². The lowest BCUT2D eigenvalue weighted by Crippen LogP contribution is -2.37. The van der Waals surface area contributed by atoms with Gasteiger partial charge in [-0.3, -0.25) is 4.99 Å². The quantitative estimate of drug-likeness (QED) is 0.217. The van der Waals surface area contributed by atoms with Gasteiger partial charge in [0.15, 0.2) is 17.5 Å². The molecule has 2 N–H and O–H groups in total. The number of benzene rings is 2. The minimum atomic E-state index is -0.300. The van der Waals surface area contributed by atoms with Crippen LogP contribution < -0.4 is 20.1 Å². The maximum Gasteiger partial charge on any atom is 0.191 e. The lowest BCUT2D eigenvalue weighted by molar-refractivity contribution is 0.287. The standard InChI is InChI=1S/C24H30FN5O2.HI/c1-4-31-22-9-7-18(15-23(22)32-5-2)10-11-28-24(26-3)29-16-19-6-8-21(20(25)14-19)30-13-12-27-17-30;/h6-9,12-15,17H,4-5,10-11,16H2,1-3H3,(H2,26,28,29);1H. The van der Waals surface area contributed by atoms with Crippen molar-refractivity contribution in [2.75, 3.05) is 26.8 Å². The van der Waals surface area contributed by atoms with Crippen LogP contribution in [0.2, 0.25) is 0 Å². The first-order chi connectivity index (χ1) is 15.6. The molecule has 0 saturated heterocycles. The molecule has 7 nitrogen and oxygen atoms in total. The van der Waals surface area contributed by atoms with Crippen molar-refractivity contribution in [2.24, 2.45) is 4.99 Å². The second kappa shape index (κ2) is 13.7. The number of aromatic nitrogens is 2. The van der Waals surface area contributed by atoms with Crippen LogP contribution in [0.5, 0.6) is 11.5 Å². The molecule has 3 aromatic rings. The number of nitrogens with one attached hydrogen (secondary N) is 2. The smallest absolute Gasteiger partial charge is 0.191 e. The van der Waals surface area contributed by atoms with E-state index in [0.717, 1.165) is 29.0 Å². The second-order valence-electron chi connectivity index (χ2n) is 7.01. The monoisotopic (exact) mass is 567 g/mol. The van der Waals surface area contributed by atoms with Crippen molar-refractivity contribution in [3.05, 3.63) is 72.1 Å². The van der Waals surface area contributed by atoms with Crippen molar-refractivity contribution in [1.29, 1.82) is 0 Å². The van der Waals surface area contributed by atoms with Gasteiger partial charge in [-0.25, -0.2) is 9.37 Å². The number of guanidine groups is 1. The maximum atomic E-state index is 14.4. The van der Waals surface area contributed by atoms with Gasteiger partial charge in [0.1, 0.15) is 5.82 Å². The van der Waals surface area contributed by atoms with E-state index < -0.39 is 0 Å². The molecule has 0 bridgehead atoms. The van der Waals surface area contributed by atoms with Gasteiger partial charge in [-0.2, -0.15) is 0 Å². The van der Waals surface area contributed by atoms with Crippen LogP contribution >= 0.6 is 24.0 Å². The molecule has 2 aromatic carbocycles. The molecule has 1 heterocycles. The van der Waals surface area contributed by atoms with E-state index in [1.807, 2.05) is 38.1 Å². The van der Waals surface area contributed by atoms with Gasteiger partial charge in [0.25, 0.3) is 0 Å². The van der Waals surface area contributed by atoms with Gasteiger partial charge in [-0.1, -0.05) is 12.1 Å². The number of nitrogens with zero attached hydrogens (tertiary/aromatic N) is 3. The number of ether oxygens (including phenoxy) is 2. The molecule has 33 heavy (non-hydrogen) atoms. The van der Waals surface area contributed by atoms with Crippen LogP contribution in [-0.2, 0) is 13.0 Å². The molecule has 0 aliphatic heterocycles. The Balaban J connectivity index is 0.00000385. The van der Waals surface area contributed by atoms with E-state index in [4.69, 9.17) is 9.47 Å². The minimum Gasteiger partial charge on any atom is -0.490 e. The summed E-state index contributed by atoms with van der Waals surface area (Å²) in [5, 5.41) is 6.51. The highest BCUT2D eigenvalue weighted by Crippen LogP contribution is 2.28. The number of rotatable bonds is 10. The molecule has 1 aromatic heterocycles. The van der Waals surface area contributed by atoms with Crippen LogP contribution in [0.25, 0.3) is 5.69 Å². The first-order valence-corrected chi connectivity index (χ1v) is 10.7. The van der Waals surface area contributed by atoms with Gasteiger partial charge in [0.05, 0.1) is 25.2 Å². The molecule has 0 atom stereocenters. The van der Waals surface area contributed by atoms with Crippen molar-refractivity contribution in [3.8, 4) is 17.2 Å². The normalized spacial score (nSPS) is 11.0. The lowest BCUT2D eigenvalue weighted by Gasteiger charge is -2.14. The number of halogens is 2. The highest BCUT2D eigenvalue weighted by atomic mass is 127. The van der Waals surface area contributed by atoms with E-state index in [1.54, 1.807) is 36.4 Å². The van der Waals surface area contributed by atoms with Crippen molar-refractivity contribution < 1.29 is 13.9 Å². The van der Waals surface area contributed by atoms with Gasteiger partial charge >= 0.3 is 0 Å². The predicted octanol–water partition coefficient (Wildman–Crippen LogP) is 4.33. The van der Waals surface area contributed by atoms with Crippen molar-refractivity contribution >= 4 is 29.9 Å². The highest BCUT2D eigenvalue weighted by molar-refractivity contribution is 14.0. The SMILES string of the molecule is CCOc1ccc(CCNC(=NC)NCc2ccc(-n3ccnc3)c(F)c2)cc1OCC.I. The Morgan fingerprint density at radius 1 is 1.03 bits per heavy atom. The zero-order valence-corrected chi connectivity index (χ0v) is 21.5. The molecule has 0 aliphatic carbocycles. The molecule has 0 spiro atoms. The fourth-order valence-corrected chi connectivity index (χ4v) is 3.25. The third kappa shape index (κ3) is 7.62. The van der Waals surface area contributed by atoms with Crippen LogP contribution in [0.15, 0.2) is 60.1 Å². The van der Waals surface area contributed by atoms with Crippen molar-refractivity contribution in [1.82, 2.24) is 20.2 Å². The van der Waals surface area contributed by atoms with Crippen LogP contribution in [0, 0.1) is 5.82 Å². The van der Waals surface area contributed by atoms with Gasteiger partial charge in [-0.15, -0.1) is 24.0 Å². The fraction of sp³-hybridized carbons (Fsp3) is 0.333. The molecule has 0 unspecified atom stereocenters. The molecule has 3 rings (SSSR count). The van der Waals surface area contributed by atoms with E-state index in [2.05, 4.69) is 20.6 Å². The van der Waals surface area contributed by atoms with Gasteiger partial charge < -0.3 is 24.7 Å². The molecular formula is C24H31FIN5O2. The van der Waals surface area contributed by atoms with E-state index in [1.165, 1.54) is 6.07 Å². The summed E-state index contributed by atoms with van der Waals surface area (Å²) in [7, 11) is 1.71. The summed E-state index contributed by atoms with van der Waals surface area (Å²) in [5.41, 5.74) is 2.43. The Hall–Kier alpha value is -2.82. The summed E-state index contributed by atoms with van der Waals surface area (Å²) in [6, 6.07) is 11.1. The van der Waals surface area contributed by atoms with E-state index in [9.17, 15) is 4.39 Å². The van der Waals surface area contributed by atoms with Crippen molar-refractivity contribution in [2.45, 2.75) is 26.8 Å². The minimum absolute atomic E-state index is 0. The zero-order valence-electron chi connectivity index (χ0n) is 19.2. The van der Waals surface area contributed by atoms with Crippen LogP contribution in [-0.4, -0.2) is 42.3 Å². The number of hydrogen-bond acceptors (Lipinski definition) is 4. The van der Waals surface area contributed by atoms with E-state index in [0.29, 0.717) is 38.0 Å². The first-order valence-electron chi connectivity index (χ1n) is 10.7. The topological polar surface area (TPSA) is 72.7 Å². The summed E-state index contributed by atoms with van der Waals surface area (Å²) in [4.78, 5) is 8.20. The lowest BCUT2D eigenvalue weighted by atomic mass is 10.1. The van der Waals surface area contributed by atoms with Crippen LogP contribution in [0.4, 0.5) is 4.39 Å². The molecule has 9 heteroatoms. The number of hydrogen-bond donors (Lipinski definition) is 2. The maximum absolute atomic E-state index is 14.4. The third-order valence-corrected chi connectivity index (χ3v) is 4.79. The second-order valence-corrected chi connectivity index (χ2v) is 7.01. The molecular weight excluding hydrogens is 536 g/mol. The first kappa shape index (κ1) is 26.4. The molecule has 178 valence electrons. The number of imidazole rings is 1. The third-order valence-electron chi connectivity index (χ3n) is 4.79. The summed E-state index contributed by atoms with van der Waals surface area (Å²) in [6.07, 6.45) is 5.70. The van der Waals surface area contributed by atoms with Gasteiger partial charge in [0, 0.05) is 32.5 Å². The summed E-state index contributed by atoms with van der Waals surface area (Å²) in [5.74, 6) is 1.87. The zero-order chi connectivity index (χ0) is 22.8. The summed E-state index contributed by atoms with van der Waals surface area (Å²) < 4.78 is 27.4. The molecule has 0 aliphatic rings. The molecule has 0 amide bonds. The Morgan fingerprint density at radius 2 is 1.79 bits per heavy atom. The van der Waals surface area contributed by atoms with Gasteiger partial charge in [-0.05, 0) is 55.7 Å². The average molecular weight is 567 g/mol. The average Bonchev–Trinajstić information content (AvgIpc) is 3.32. The number of aliphatic imine (C=N–C) groups is 1. The molecule has 0 fully saturated rings. The predicted molar refractivity (Wildman–Crippen MR) is 140 cm³/mol. The fourth-order valence-electron chi connectivity index (χ4n) is 3.25. The largest absolute Gasteiger partial charge is 0.490 e. The summed E-state index contributed by atoms with van der Waals surface area (Å²) >= 11 is 0. The molecule has 0 radical (unpaired) electrons.